The standard InChI is InChI=1S/C6H10O4S/c1-5(2)6(7)3-4-10-11(8)9/h1,3-4H2,2H3,(H,8,9)/p-1. The highest BCUT2D eigenvalue weighted by Crippen LogP contribution is 1.95. The van der Waals surface area contributed by atoms with Crippen LogP contribution in [0.3, 0.4) is 0 Å². The van der Waals surface area contributed by atoms with Gasteiger partial charge in [-0.15, -0.1) is 0 Å². The van der Waals surface area contributed by atoms with Crippen LogP contribution < -0.4 is 0 Å². The monoisotopic (exact) mass is 177 g/mol. The van der Waals surface area contributed by atoms with Gasteiger partial charge in [-0.05, 0) is 12.5 Å². The second kappa shape index (κ2) is 5.17. The van der Waals surface area contributed by atoms with Crippen LogP contribution in [-0.4, -0.2) is 21.2 Å². The molecule has 0 aromatic carbocycles. The Morgan fingerprint density at radius 3 is 2.64 bits per heavy atom. The van der Waals surface area contributed by atoms with Gasteiger partial charge in [-0.3, -0.25) is 4.79 Å². The van der Waals surface area contributed by atoms with Crippen LogP contribution in [0.4, 0.5) is 0 Å². The van der Waals surface area contributed by atoms with Crippen molar-refractivity contribution in [3.8, 4) is 0 Å². The summed E-state index contributed by atoms with van der Waals surface area (Å²) in [6.07, 6.45) is 0.0588. The minimum Gasteiger partial charge on any atom is -0.750 e. The van der Waals surface area contributed by atoms with Crippen molar-refractivity contribution in [3.05, 3.63) is 12.2 Å². The topological polar surface area (TPSA) is 66.4 Å². The Labute approximate surface area is 67.7 Å². The van der Waals surface area contributed by atoms with E-state index in [0.29, 0.717) is 5.57 Å². The fourth-order valence-electron chi connectivity index (χ4n) is 0.416. The van der Waals surface area contributed by atoms with Gasteiger partial charge in [0.05, 0.1) is 18.0 Å². The van der Waals surface area contributed by atoms with Crippen LogP contribution in [0.1, 0.15) is 13.3 Å². The molecule has 0 saturated heterocycles. The van der Waals surface area contributed by atoms with E-state index in [1.54, 1.807) is 6.92 Å². The fourth-order valence-corrected chi connectivity index (χ4v) is 0.635. The minimum atomic E-state index is -2.53. The van der Waals surface area contributed by atoms with Crippen molar-refractivity contribution in [2.45, 2.75) is 13.3 Å². The van der Waals surface area contributed by atoms with Gasteiger partial charge in [0.1, 0.15) is 0 Å². The van der Waals surface area contributed by atoms with Crippen molar-refractivity contribution < 1.29 is 17.7 Å². The SMILES string of the molecule is C=C(C)C(=O)CCOS(=O)[O-]. The Balaban J connectivity index is 3.47. The summed E-state index contributed by atoms with van der Waals surface area (Å²) in [5.74, 6) is -0.185. The zero-order chi connectivity index (χ0) is 8.85. The molecule has 4 nitrogen and oxygen atoms in total. The summed E-state index contributed by atoms with van der Waals surface area (Å²) < 4.78 is 23.7. The summed E-state index contributed by atoms with van der Waals surface area (Å²) in [5.41, 5.74) is 0.408. The lowest BCUT2D eigenvalue weighted by molar-refractivity contribution is -0.115. The molecule has 11 heavy (non-hydrogen) atoms. The third-order valence-electron chi connectivity index (χ3n) is 0.985. The quantitative estimate of drug-likeness (QED) is 0.448. The smallest absolute Gasteiger partial charge is 0.160 e. The van der Waals surface area contributed by atoms with Crippen molar-refractivity contribution in [1.82, 2.24) is 0 Å². The minimum absolute atomic E-state index is 0.0588. The summed E-state index contributed by atoms with van der Waals surface area (Å²) >= 11 is -2.53. The first-order valence-electron chi connectivity index (χ1n) is 2.95. The lowest BCUT2D eigenvalue weighted by Crippen LogP contribution is -2.05. The van der Waals surface area contributed by atoms with Gasteiger partial charge in [-0.1, -0.05) is 6.58 Å². The summed E-state index contributed by atoms with van der Waals surface area (Å²) in [4.78, 5) is 10.7. The molecule has 0 bridgehead atoms. The molecule has 0 aromatic rings. The molecule has 0 fully saturated rings. The van der Waals surface area contributed by atoms with Crippen LogP contribution in [0.25, 0.3) is 0 Å². The number of hydrogen-bond donors (Lipinski definition) is 0. The highest BCUT2D eigenvalue weighted by molar-refractivity contribution is 7.74. The number of carbonyl (C=O) groups excluding carboxylic acids is 1. The van der Waals surface area contributed by atoms with E-state index >= 15 is 0 Å². The second-order valence-electron chi connectivity index (χ2n) is 1.98. The first-order valence-corrected chi connectivity index (χ1v) is 3.95. The molecule has 0 aliphatic carbocycles. The molecule has 0 spiro atoms. The van der Waals surface area contributed by atoms with E-state index in [0.717, 1.165) is 0 Å². The molecule has 0 aliphatic rings. The molecular formula is C6H9O4S-. The molecule has 1 atom stereocenters. The molecule has 1 unspecified atom stereocenters. The number of ketones is 1. The maximum atomic E-state index is 10.7. The van der Waals surface area contributed by atoms with Crippen molar-refractivity contribution in [1.29, 1.82) is 0 Å². The average Bonchev–Trinajstić information content (AvgIpc) is 1.86. The number of hydrogen-bond acceptors (Lipinski definition) is 4. The Bertz CT molecular complexity index is 187. The molecule has 0 aromatic heterocycles. The fraction of sp³-hybridized carbons (Fsp3) is 0.500. The number of allylic oxidation sites excluding steroid dienone is 1. The molecule has 0 radical (unpaired) electrons. The van der Waals surface area contributed by atoms with Crippen LogP contribution in [0.15, 0.2) is 12.2 Å². The van der Waals surface area contributed by atoms with Crippen molar-refractivity contribution in [2.24, 2.45) is 0 Å². The summed E-state index contributed by atoms with van der Waals surface area (Å²) in [6.45, 7) is 4.85. The molecule has 0 aliphatic heterocycles. The molecular weight excluding hydrogens is 168 g/mol. The summed E-state index contributed by atoms with van der Waals surface area (Å²) in [7, 11) is 0. The van der Waals surface area contributed by atoms with Crippen LogP contribution >= 0.6 is 0 Å². The van der Waals surface area contributed by atoms with Gasteiger partial charge >= 0.3 is 0 Å². The second-order valence-corrected chi connectivity index (χ2v) is 2.62. The van der Waals surface area contributed by atoms with E-state index < -0.39 is 11.4 Å². The van der Waals surface area contributed by atoms with Crippen LogP contribution in [0, 0.1) is 0 Å². The third kappa shape index (κ3) is 5.90. The van der Waals surface area contributed by atoms with Crippen molar-refractivity contribution in [2.75, 3.05) is 6.61 Å². The Hall–Kier alpha value is -0.520. The van der Waals surface area contributed by atoms with E-state index in [1.165, 1.54) is 0 Å². The van der Waals surface area contributed by atoms with Crippen LogP contribution in [0.2, 0.25) is 0 Å². The van der Waals surface area contributed by atoms with E-state index in [1.807, 2.05) is 0 Å². The van der Waals surface area contributed by atoms with Crippen molar-refractivity contribution >= 4 is 17.1 Å². The molecule has 64 valence electrons. The molecule has 0 N–H and O–H groups in total. The van der Waals surface area contributed by atoms with Gasteiger partial charge in [0.2, 0.25) is 0 Å². The molecule has 0 saturated carbocycles. The molecule has 0 amide bonds. The predicted molar refractivity (Wildman–Crippen MR) is 39.3 cm³/mol. The maximum absolute atomic E-state index is 10.7. The Kier molecular flexibility index (Phi) is 4.93. The van der Waals surface area contributed by atoms with Gasteiger partial charge in [0, 0.05) is 6.42 Å². The Morgan fingerprint density at radius 1 is 1.73 bits per heavy atom. The molecule has 0 rings (SSSR count). The van der Waals surface area contributed by atoms with Crippen LogP contribution in [0.5, 0.6) is 0 Å². The molecule has 5 heteroatoms. The van der Waals surface area contributed by atoms with Gasteiger partial charge in [-0.2, -0.15) is 0 Å². The molecule has 0 heterocycles. The van der Waals surface area contributed by atoms with Gasteiger partial charge in [0.25, 0.3) is 0 Å². The lowest BCUT2D eigenvalue weighted by Gasteiger charge is -2.04. The van der Waals surface area contributed by atoms with Gasteiger partial charge < -0.3 is 8.74 Å². The Morgan fingerprint density at radius 2 is 2.27 bits per heavy atom. The maximum Gasteiger partial charge on any atom is 0.160 e. The van der Waals surface area contributed by atoms with Crippen molar-refractivity contribution in [3.63, 3.8) is 0 Å². The van der Waals surface area contributed by atoms with E-state index in [2.05, 4.69) is 10.8 Å². The zero-order valence-corrected chi connectivity index (χ0v) is 6.98. The largest absolute Gasteiger partial charge is 0.750 e. The van der Waals surface area contributed by atoms with Gasteiger partial charge in [-0.25, -0.2) is 4.21 Å². The summed E-state index contributed by atoms with van der Waals surface area (Å²) in [6, 6.07) is 0. The highest BCUT2D eigenvalue weighted by atomic mass is 32.2. The zero-order valence-electron chi connectivity index (χ0n) is 6.16. The predicted octanol–water partition coefficient (Wildman–Crippen LogP) is 0.332. The van der Waals surface area contributed by atoms with E-state index in [4.69, 9.17) is 0 Å². The lowest BCUT2D eigenvalue weighted by atomic mass is 10.2. The first kappa shape index (κ1) is 10.5. The third-order valence-corrected chi connectivity index (χ3v) is 1.34. The number of rotatable bonds is 5. The normalized spacial score (nSPS) is 12.5. The van der Waals surface area contributed by atoms with Gasteiger partial charge in [0.15, 0.2) is 5.78 Å². The van der Waals surface area contributed by atoms with Crippen LogP contribution in [-0.2, 0) is 20.3 Å². The highest BCUT2D eigenvalue weighted by Gasteiger charge is 2.00. The summed E-state index contributed by atoms with van der Waals surface area (Å²) in [5, 5.41) is 0. The average molecular weight is 177 g/mol. The van der Waals surface area contributed by atoms with E-state index in [-0.39, 0.29) is 18.8 Å². The first-order chi connectivity index (χ1) is 5.04. The number of Topliss-reactive ketones (excluding diaryl/α,β-unsaturated/α-hetero) is 1. The number of carbonyl (C=O) groups is 1. The van der Waals surface area contributed by atoms with E-state index in [9.17, 15) is 13.6 Å².